The lowest BCUT2D eigenvalue weighted by molar-refractivity contribution is -0.122. The second-order valence-corrected chi connectivity index (χ2v) is 3.55. The lowest BCUT2D eigenvalue weighted by Gasteiger charge is -2.08. The molecule has 0 spiro atoms. The first-order valence-corrected chi connectivity index (χ1v) is 5.07. The molecule has 2 rings (SSSR count). The molecule has 3 nitrogen and oxygen atoms in total. The van der Waals surface area contributed by atoms with Crippen molar-refractivity contribution in [1.82, 2.24) is 5.32 Å². The summed E-state index contributed by atoms with van der Waals surface area (Å²) in [7, 11) is 0. The first-order chi connectivity index (χ1) is 6.29. The number of hydrogen-bond acceptors (Lipinski definition) is 2. The van der Waals surface area contributed by atoms with Crippen LogP contribution in [0.2, 0.25) is 0 Å². The van der Waals surface area contributed by atoms with Gasteiger partial charge in [-0.1, -0.05) is 0 Å². The van der Waals surface area contributed by atoms with Gasteiger partial charge >= 0.3 is 0 Å². The molecule has 13 heavy (non-hydrogen) atoms. The molecule has 2 aliphatic rings. The Morgan fingerprint density at radius 2 is 1.46 bits per heavy atom. The molecule has 1 saturated carbocycles. The lowest BCUT2D eigenvalue weighted by Crippen LogP contribution is -2.28. The number of carbonyl (C=O) groups is 2. The Morgan fingerprint density at radius 1 is 0.846 bits per heavy atom. The van der Waals surface area contributed by atoms with Crippen LogP contribution in [0.25, 0.3) is 0 Å². The minimum absolute atomic E-state index is 0.214. The minimum Gasteiger partial charge on any atom is -0.356 e. The number of Topliss-reactive ketones (excluding diaryl/α,β-unsaturated/α-hetero) is 1. The molecular weight excluding hydrogens is 166 g/mol. The van der Waals surface area contributed by atoms with Gasteiger partial charge in [-0.3, -0.25) is 9.59 Å². The zero-order valence-corrected chi connectivity index (χ0v) is 7.97. The van der Waals surface area contributed by atoms with Gasteiger partial charge in [-0.2, -0.15) is 0 Å². The Hall–Kier alpha value is -0.860. The summed E-state index contributed by atoms with van der Waals surface area (Å²) in [4.78, 5) is 20.6. The summed E-state index contributed by atoms with van der Waals surface area (Å²) in [5.74, 6) is 0.668. The summed E-state index contributed by atoms with van der Waals surface area (Å²) in [6.45, 7) is 0.888. The standard InChI is InChI=1S/C5H9NO.C5H8O/c7-5-3-1-2-4-6-5;6-5-3-1-2-4-5/h1-4H2,(H,6,7);1-4H2. The Labute approximate surface area is 78.9 Å². The summed E-state index contributed by atoms with van der Waals surface area (Å²) in [6, 6.07) is 0. The average molecular weight is 183 g/mol. The number of carbonyl (C=O) groups excluding carboxylic acids is 2. The van der Waals surface area contributed by atoms with Crippen LogP contribution in [-0.2, 0) is 9.59 Å². The van der Waals surface area contributed by atoms with Crippen LogP contribution in [0.3, 0.4) is 0 Å². The largest absolute Gasteiger partial charge is 0.356 e. The van der Waals surface area contributed by atoms with Gasteiger partial charge in [-0.15, -0.1) is 0 Å². The quantitative estimate of drug-likeness (QED) is 0.617. The van der Waals surface area contributed by atoms with Crippen molar-refractivity contribution in [3.8, 4) is 0 Å². The Bertz CT molecular complexity index is 173. The van der Waals surface area contributed by atoms with Crippen LogP contribution in [0.1, 0.15) is 44.9 Å². The van der Waals surface area contributed by atoms with Gasteiger partial charge in [-0.25, -0.2) is 0 Å². The predicted octanol–water partition coefficient (Wildman–Crippen LogP) is 1.42. The fourth-order valence-corrected chi connectivity index (χ4v) is 1.50. The van der Waals surface area contributed by atoms with Crippen molar-refractivity contribution in [2.45, 2.75) is 44.9 Å². The van der Waals surface area contributed by atoms with Gasteiger partial charge < -0.3 is 5.32 Å². The highest BCUT2D eigenvalue weighted by Crippen LogP contribution is 2.11. The predicted molar refractivity (Wildman–Crippen MR) is 50.3 cm³/mol. The summed E-state index contributed by atoms with van der Waals surface area (Å²) in [5.41, 5.74) is 0. The molecule has 1 amide bonds. The van der Waals surface area contributed by atoms with Crippen molar-refractivity contribution >= 4 is 11.7 Å². The van der Waals surface area contributed by atoms with E-state index in [0.29, 0.717) is 5.78 Å². The summed E-state index contributed by atoms with van der Waals surface area (Å²) in [6.07, 6.45) is 6.94. The van der Waals surface area contributed by atoms with Gasteiger partial charge in [0.05, 0.1) is 0 Å². The van der Waals surface area contributed by atoms with Gasteiger partial charge in [0, 0.05) is 25.8 Å². The van der Waals surface area contributed by atoms with Crippen LogP contribution in [0, 0.1) is 0 Å². The molecular formula is C10H17NO2. The molecule has 2 fully saturated rings. The van der Waals surface area contributed by atoms with Crippen molar-refractivity contribution < 1.29 is 9.59 Å². The van der Waals surface area contributed by atoms with E-state index in [-0.39, 0.29) is 5.91 Å². The number of ketones is 1. The number of amides is 1. The van der Waals surface area contributed by atoms with Gasteiger partial charge in [0.1, 0.15) is 5.78 Å². The second kappa shape index (κ2) is 5.73. The fourth-order valence-electron chi connectivity index (χ4n) is 1.50. The van der Waals surface area contributed by atoms with E-state index < -0.39 is 0 Å². The molecule has 74 valence electrons. The molecule has 1 saturated heterocycles. The van der Waals surface area contributed by atoms with E-state index in [1.54, 1.807) is 0 Å². The Kier molecular flexibility index (Phi) is 4.50. The minimum atomic E-state index is 0.214. The molecule has 1 aliphatic carbocycles. The zero-order valence-electron chi connectivity index (χ0n) is 7.97. The van der Waals surface area contributed by atoms with Crippen LogP contribution in [0.15, 0.2) is 0 Å². The molecule has 0 unspecified atom stereocenters. The highest BCUT2D eigenvalue weighted by molar-refractivity contribution is 5.80. The monoisotopic (exact) mass is 183 g/mol. The summed E-state index contributed by atoms with van der Waals surface area (Å²) in [5, 5.41) is 2.74. The van der Waals surface area contributed by atoms with Crippen molar-refractivity contribution in [1.29, 1.82) is 0 Å². The zero-order chi connectivity index (χ0) is 9.52. The molecule has 1 heterocycles. The molecule has 0 aromatic heterocycles. The summed E-state index contributed by atoms with van der Waals surface area (Å²) < 4.78 is 0. The smallest absolute Gasteiger partial charge is 0.219 e. The molecule has 3 heteroatoms. The van der Waals surface area contributed by atoms with Gasteiger partial charge in [0.2, 0.25) is 5.91 Å². The van der Waals surface area contributed by atoms with E-state index >= 15 is 0 Å². The SMILES string of the molecule is O=C1CCCC1.O=C1CCCCN1. The molecule has 0 aromatic rings. The van der Waals surface area contributed by atoms with Gasteiger partial charge in [-0.05, 0) is 25.7 Å². The highest BCUT2D eigenvalue weighted by atomic mass is 16.1. The third-order valence-electron chi connectivity index (χ3n) is 2.31. The van der Waals surface area contributed by atoms with Gasteiger partial charge in [0.15, 0.2) is 0 Å². The van der Waals surface area contributed by atoms with E-state index in [0.717, 1.165) is 51.5 Å². The molecule has 1 aliphatic heterocycles. The normalized spacial score (nSPS) is 21.8. The third-order valence-corrected chi connectivity index (χ3v) is 2.31. The number of piperidine rings is 1. The van der Waals surface area contributed by atoms with Crippen LogP contribution < -0.4 is 5.32 Å². The van der Waals surface area contributed by atoms with E-state index in [2.05, 4.69) is 5.32 Å². The highest BCUT2D eigenvalue weighted by Gasteiger charge is 2.07. The second-order valence-electron chi connectivity index (χ2n) is 3.55. The number of rotatable bonds is 0. The fraction of sp³-hybridized carbons (Fsp3) is 0.800. The maximum absolute atomic E-state index is 10.4. The maximum Gasteiger partial charge on any atom is 0.219 e. The molecule has 0 bridgehead atoms. The molecule has 1 N–H and O–H groups in total. The number of nitrogens with one attached hydrogen (secondary N) is 1. The van der Waals surface area contributed by atoms with Crippen LogP contribution in [-0.4, -0.2) is 18.2 Å². The number of hydrogen-bond donors (Lipinski definition) is 1. The van der Waals surface area contributed by atoms with Crippen molar-refractivity contribution in [3.05, 3.63) is 0 Å². The van der Waals surface area contributed by atoms with Crippen LogP contribution in [0.4, 0.5) is 0 Å². The van der Waals surface area contributed by atoms with E-state index in [1.165, 1.54) is 0 Å². The first-order valence-electron chi connectivity index (χ1n) is 5.07. The maximum atomic E-state index is 10.4. The average Bonchev–Trinajstić information content (AvgIpc) is 2.58. The van der Waals surface area contributed by atoms with Crippen LogP contribution >= 0.6 is 0 Å². The van der Waals surface area contributed by atoms with Crippen molar-refractivity contribution in [3.63, 3.8) is 0 Å². The molecule has 0 aromatic carbocycles. The lowest BCUT2D eigenvalue weighted by atomic mass is 10.2. The topological polar surface area (TPSA) is 46.2 Å². The Balaban J connectivity index is 0.000000132. The van der Waals surface area contributed by atoms with Crippen molar-refractivity contribution in [2.24, 2.45) is 0 Å². The Morgan fingerprint density at radius 3 is 1.69 bits per heavy atom. The van der Waals surface area contributed by atoms with Crippen molar-refractivity contribution in [2.75, 3.05) is 6.54 Å². The van der Waals surface area contributed by atoms with Gasteiger partial charge in [0.25, 0.3) is 0 Å². The summed E-state index contributed by atoms with van der Waals surface area (Å²) >= 11 is 0. The third kappa shape index (κ3) is 4.65. The van der Waals surface area contributed by atoms with Crippen LogP contribution in [0.5, 0.6) is 0 Å². The molecule has 0 radical (unpaired) electrons. The van der Waals surface area contributed by atoms with E-state index in [4.69, 9.17) is 0 Å². The van der Waals surface area contributed by atoms with E-state index in [1.807, 2.05) is 0 Å². The van der Waals surface area contributed by atoms with E-state index in [9.17, 15) is 9.59 Å². The molecule has 0 atom stereocenters. The first kappa shape index (κ1) is 10.2.